The molecule has 1 atom stereocenters. The fourth-order valence-electron chi connectivity index (χ4n) is 1.94. The van der Waals surface area contributed by atoms with Gasteiger partial charge in [0.2, 0.25) is 0 Å². The molecule has 2 N–H and O–H groups in total. The van der Waals surface area contributed by atoms with Gasteiger partial charge in [0.15, 0.2) is 11.6 Å². The molecular formula is C16H18FNO. The maximum absolute atomic E-state index is 13.9. The first-order valence-electron chi connectivity index (χ1n) is 6.28. The van der Waals surface area contributed by atoms with Crippen LogP contribution in [0.15, 0.2) is 36.4 Å². The molecule has 100 valence electrons. The maximum atomic E-state index is 13.9. The summed E-state index contributed by atoms with van der Waals surface area (Å²) >= 11 is 0. The quantitative estimate of drug-likeness (QED) is 0.894. The van der Waals surface area contributed by atoms with Gasteiger partial charge >= 0.3 is 0 Å². The molecule has 0 amide bonds. The predicted octanol–water partition coefficient (Wildman–Crippen LogP) is 4.25. The largest absolute Gasteiger partial charge is 0.454 e. The van der Waals surface area contributed by atoms with Gasteiger partial charge in [-0.3, -0.25) is 0 Å². The molecule has 2 aromatic carbocycles. The van der Waals surface area contributed by atoms with E-state index in [1.807, 2.05) is 39.0 Å². The van der Waals surface area contributed by atoms with E-state index in [2.05, 4.69) is 0 Å². The highest BCUT2D eigenvalue weighted by Gasteiger charge is 2.15. The minimum Gasteiger partial charge on any atom is -0.454 e. The zero-order valence-corrected chi connectivity index (χ0v) is 11.4. The lowest BCUT2D eigenvalue weighted by atomic mass is 10.1. The summed E-state index contributed by atoms with van der Waals surface area (Å²) in [6, 6.07) is 10.3. The lowest BCUT2D eigenvalue weighted by molar-refractivity contribution is 0.430. The predicted molar refractivity (Wildman–Crippen MR) is 75.0 cm³/mol. The minimum absolute atomic E-state index is 0.214. The number of hydrogen-bond acceptors (Lipinski definition) is 2. The van der Waals surface area contributed by atoms with Gasteiger partial charge in [-0.15, -0.1) is 0 Å². The summed E-state index contributed by atoms with van der Waals surface area (Å²) in [7, 11) is 0. The summed E-state index contributed by atoms with van der Waals surface area (Å²) in [4.78, 5) is 0. The molecule has 0 aliphatic rings. The van der Waals surface area contributed by atoms with E-state index in [0.717, 1.165) is 11.1 Å². The van der Waals surface area contributed by atoms with Crippen LogP contribution in [0.1, 0.15) is 29.7 Å². The second kappa shape index (κ2) is 5.41. The van der Waals surface area contributed by atoms with Crippen molar-refractivity contribution >= 4 is 0 Å². The van der Waals surface area contributed by atoms with Gasteiger partial charge in [0.1, 0.15) is 5.75 Å². The lowest BCUT2D eigenvalue weighted by Gasteiger charge is -2.16. The molecule has 0 aromatic heterocycles. The number of benzene rings is 2. The van der Waals surface area contributed by atoms with Crippen LogP contribution in [-0.2, 0) is 0 Å². The van der Waals surface area contributed by atoms with Crippen molar-refractivity contribution < 1.29 is 9.13 Å². The van der Waals surface area contributed by atoms with E-state index in [1.54, 1.807) is 12.1 Å². The second-order valence-corrected chi connectivity index (χ2v) is 4.75. The second-order valence-electron chi connectivity index (χ2n) is 4.75. The zero-order valence-electron chi connectivity index (χ0n) is 11.4. The third kappa shape index (κ3) is 2.76. The average molecular weight is 259 g/mol. The van der Waals surface area contributed by atoms with E-state index in [1.165, 1.54) is 6.07 Å². The third-order valence-corrected chi connectivity index (χ3v) is 3.25. The Morgan fingerprint density at radius 3 is 2.47 bits per heavy atom. The van der Waals surface area contributed by atoms with Gasteiger partial charge in [0.05, 0.1) is 0 Å². The van der Waals surface area contributed by atoms with Crippen LogP contribution in [0.4, 0.5) is 4.39 Å². The maximum Gasteiger partial charge on any atom is 0.167 e. The number of rotatable bonds is 3. The van der Waals surface area contributed by atoms with E-state index in [4.69, 9.17) is 10.5 Å². The number of hydrogen-bond donors (Lipinski definition) is 1. The smallest absolute Gasteiger partial charge is 0.167 e. The number of aryl methyl sites for hydroxylation is 1. The van der Waals surface area contributed by atoms with Crippen LogP contribution in [0.2, 0.25) is 0 Å². The first-order chi connectivity index (χ1) is 9.00. The topological polar surface area (TPSA) is 35.2 Å². The van der Waals surface area contributed by atoms with Crippen molar-refractivity contribution in [1.29, 1.82) is 0 Å². The van der Waals surface area contributed by atoms with Crippen molar-refractivity contribution in [2.45, 2.75) is 26.8 Å². The van der Waals surface area contributed by atoms with Crippen LogP contribution in [0.3, 0.4) is 0 Å². The van der Waals surface area contributed by atoms with Crippen molar-refractivity contribution in [1.82, 2.24) is 0 Å². The molecule has 0 aliphatic carbocycles. The third-order valence-electron chi connectivity index (χ3n) is 3.25. The molecule has 2 rings (SSSR count). The first kappa shape index (κ1) is 13.6. The summed E-state index contributed by atoms with van der Waals surface area (Å²) in [6.07, 6.45) is 0. The van der Waals surface area contributed by atoms with Gasteiger partial charge in [-0.05, 0) is 44.0 Å². The summed E-state index contributed by atoms with van der Waals surface area (Å²) in [5.41, 5.74) is 8.63. The van der Waals surface area contributed by atoms with E-state index in [-0.39, 0.29) is 11.8 Å². The summed E-state index contributed by atoms with van der Waals surface area (Å²) < 4.78 is 19.7. The Morgan fingerprint density at radius 1 is 1.11 bits per heavy atom. The Bertz CT molecular complexity index is 593. The molecule has 0 fully saturated rings. The lowest BCUT2D eigenvalue weighted by Crippen LogP contribution is -2.08. The van der Waals surface area contributed by atoms with Crippen LogP contribution in [0.5, 0.6) is 11.5 Å². The normalized spacial score (nSPS) is 12.3. The zero-order chi connectivity index (χ0) is 14.0. The van der Waals surface area contributed by atoms with Gasteiger partial charge in [-0.2, -0.15) is 0 Å². The van der Waals surface area contributed by atoms with E-state index < -0.39 is 5.82 Å². The van der Waals surface area contributed by atoms with Gasteiger partial charge < -0.3 is 10.5 Å². The van der Waals surface area contributed by atoms with Gasteiger partial charge in [-0.25, -0.2) is 4.39 Å². The Morgan fingerprint density at radius 2 is 1.79 bits per heavy atom. The standard InChI is InChI=1S/C16H18FNO/c1-10-6-4-9-15(11(10)2)19-16-13(12(3)18)7-5-8-14(16)17/h4-9,12H,18H2,1-3H3/t12-/m0/s1. The Labute approximate surface area is 113 Å². The Kier molecular flexibility index (Phi) is 3.86. The molecule has 0 aliphatic heterocycles. The van der Waals surface area contributed by atoms with Crippen molar-refractivity contribution in [2.75, 3.05) is 0 Å². The van der Waals surface area contributed by atoms with Crippen LogP contribution in [-0.4, -0.2) is 0 Å². The molecule has 0 bridgehead atoms. The van der Waals surface area contributed by atoms with E-state index in [9.17, 15) is 4.39 Å². The Balaban J connectivity index is 2.46. The van der Waals surface area contributed by atoms with E-state index in [0.29, 0.717) is 11.3 Å². The molecule has 3 heteroatoms. The van der Waals surface area contributed by atoms with Crippen LogP contribution in [0, 0.1) is 19.7 Å². The highest BCUT2D eigenvalue weighted by atomic mass is 19.1. The average Bonchev–Trinajstić information content (AvgIpc) is 2.36. The van der Waals surface area contributed by atoms with E-state index >= 15 is 0 Å². The SMILES string of the molecule is Cc1cccc(Oc2c(F)cccc2[C@H](C)N)c1C. The number of ether oxygens (including phenoxy) is 1. The van der Waals surface area contributed by atoms with Crippen molar-refractivity contribution in [3.8, 4) is 11.5 Å². The molecule has 19 heavy (non-hydrogen) atoms. The fraction of sp³-hybridized carbons (Fsp3) is 0.250. The highest BCUT2D eigenvalue weighted by Crippen LogP contribution is 2.33. The summed E-state index contributed by atoms with van der Waals surface area (Å²) in [5.74, 6) is 0.480. The summed E-state index contributed by atoms with van der Waals surface area (Å²) in [6.45, 7) is 5.76. The molecule has 2 nitrogen and oxygen atoms in total. The molecule has 0 saturated carbocycles. The number of para-hydroxylation sites is 1. The molecule has 0 heterocycles. The van der Waals surface area contributed by atoms with Crippen molar-refractivity contribution in [2.24, 2.45) is 5.73 Å². The molecule has 0 spiro atoms. The molecule has 0 radical (unpaired) electrons. The van der Waals surface area contributed by atoms with Crippen LogP contribution < -0.4 is 10.5 Å². The van der Waals surface area contributed by atoms with Crippen LogP contribution in [0.25, 0.3) is 0 Å². The molecular weight excluding hydrogens is 241 g/mol. The summed E-state index contributed by atoms with van der Waals surface area (Å²) in [5, 5.41) is 0. The van der Waals surface area contributed by atoms with Crippen LogP contribution >= 0.6 is 0 Å². The molecule has 2 aromatic rings. The monoisotopic (exact) mass is 259 g/mol. The van der Waals surface area contributed by atoms with Gasteiger partial charge in [-0.1, -0.05) is 24.3 Å². The number of halogens is 1. The number of nitrogens with two attached hydrogens (primary N) is 1. The van der Waals surface area contributed by atoms with Crippen molar-refractivity contribution in [3.05, 3.63) is 58.9 Å². The van der Waals surface area contributed by atoms with Crippen molar-refractivity contribution in [3.63, 3.8) is 0 Å². The molecule has 0 unspecified atom stereocenters. The Hall–Kier alpha value is -1.87. The fourth-order valence-corrected chi connectivity index (χ4v) is 1.94. The molecule has 0 saturated heterocycles. The van der Waals surface area contributed by atoms with Gasteiger partial charge in [0.25, 0.3) is 0 Å². The minimum atomic E-state index is -0.393. The van der Waals surface area contributed by atoms with Gasteiger partial charge in [0, 0.05) is 11.6 Å². The first-order valence-corrected chi connectivity index (χ1v) is 6.28. The highest BCUT2D eigenvalue weighted by molar-refractivity contribution is 5.45.